The molecule has 0 N–H and O–H groups in total. The second kappa shape index (κ2) is 4.05. The van der Waals surface area contributed by atoms with Crippen LogP contribution in [-0.2, 0) is 0 Å². The number of pyridine rings is 2. The summed E-state index contributed by atoms with van der Waals surface area (Å²) < 4.78 is 0. The van der Waals surface area contributed by atoms with Crippen molar-refractivity contribution in [2.24, 2.45) is 0 Å². The lowest BCUT2D eigenvalue weighted by Gasteiger charge is -2.05. The predicted molar refractivity (Wildman–Crippen MR) is 66.4 cm³/mol. The Morgan fingerprint density at radius 3 is 1.31 bits per heavy atom. The summed E-state index contributed by atoms with van der Waals surface area (Å²) in [5.41, 5.74) is 6.45. The summed E-state index contributed by atoms with van der Waals surface area (Å²) in [5.74, 6) is 0. The van der Waals surface area contributed by atoms with Crippen LogP contribution in [0.4, 0.5) is 0 Å². The Kier molecular flexibility index (Phi) is 2.73. The van der Waals surface area contributed by atoms with Crippen molar-refractivity contribution in [3.8, 4) is 11.4 Å². The summed E-state index contributed by atoms with van der Waals surface area (Å²) in [5, 5.41) is 0. The number of hydrogen-bond donors (Lipinski definition) is 0. The fourth-order valence-corrected chi connectivity index (χ4v) is 1.95. The van der Waals surface area contributed by atoms with Crippen molar-refractivity contribution in [3.63, 3.8) is 0 Å². The molecule has 0 amide bonds. The lowest BCUT2D eigenvalue weighted by atomic mass is 10.1. The van der Waals surface area contributed by atoms with Gasteiger partial charge in [0.2, 0.25) is 0 Å². The van der Waals surface area contributed by atoms with Crippen LogP contribution in [0.25, 0.3) is 11.4 Å². The molecule has 0 saturated carbocycles. The molecule has 0 unspecified atom stereocenters. The first kappa shape index (κ1) is 10.8. The second-order valence-corrected chi connectivity index (χ2v) is 4.34. The lowest BCUT2D eigenvalue weighted by molar-refractivity contribution is 1.12. The topological polar surface area (TPSA) is 25.8 Å². The number of nitrogens with zero attached hydrogens (tertiary/aromatic N) is 2. The molecule has 2 nitrogen and oxygen atoms in total. The molecule has 16 heavy (non-hydrogen) atoms. The highest BCUT2D eigenvalue weighted by Crippen LogP contribution is 2.18. The molecule has 2 aromatic rings. The van der Waals surface area contributed by atoms with Gasteiger partial charge >= 0.3 is 0 Å². The molecule has 0 saturated heterocycles. The maximum absolute atomic E-state index is 4.52. The highest BCUT2D eigenvalue weighted by Gasteiger charge is 2.04. The molecular weight excluding hydrogens is 196 g/mol. The van der Waals surface area contributed by atoms with Crippen molar-refractivity contribution in [2.45, 2.75) is 27.7 Å². The molecule has 0 spiro atoms. The Morgan fingerprint density at radius 1 is 0.625 bits per heavy atom. The van der Waals surface area contributed by atoms with Crippen LogP contribution in [-0.4, -0.2) is 9.97 Å². The zero-order valence-corrected chi connectivity index (χ0v) is 10.2. The average Bonchev–Trinajstić information content (AvgIpc) is 2.14. The summed E-state index contributed by atoms with van der Waals surface area (Å²) in [6.45, 7) is 8.19. The molecule has 2 heterocycles. The summed E-state index contributed by atoms with van der Waals surface area (Å²) in [4.78, 5) is 9.05. The normalized spacial score (nSPS) is 10.5. The Bertz CT molecular complexity index is 440. The van der Waals surface area contributed by atoms with Crippen LogP contribution in [0.3, 0.4) is 0 Å². The Morgan fingerprint density at radius 2 is 1.00 bits per heavy atom. The van der Waals surface area contributed by atoms with Gasteiger partial charge in [-0.15, -0.1) is 0 Å². The fourth-order valence-electron chi connectivity index (χ4n) is 1.95. The van der Waals surface area contributed by atoms with Crippen molar-refractivity contribution in [2.75, 3.05) is 0 Å². The van der Waals surface area contributed by atoms with Gasteiger partial charge in [-0.05, 0) is 63.1 Å². The monoisotopic (exact) mass is 212 g/mol. The lowest BCUT2D eigenvalue weighted by Crippen LogP contribution is -1.93. The van der Waals surface area contributed by atoms with Gasteiger partial charge in [-0.1, -0.05) is 0 Å². The van der Waals surface area contributed by atoms with E-state index in [1.54, 1.807) is 0 Å². The molecule has 0 aliphatic rings. The van der Waals surface area contributed by atoms with E-state index in [1.165, 1.54) is 11.1 Å². The van der Waals surface area contributed by atoms with Crippen LogP contribution in [0.5, 0.6) is 0 Å². The molecule has 0 aliphatic carbocycles. The van der Waals surface area contributed by atoms with Crippen molar-refractivity contribution in [1.82, 2.24) is 9.97 Å². The summed E-state index contributed by atoms with van der Waals surface area (Å²) in [6.07, 6.45) is 0. The molecule has 0 radical (unpaired) electrons. The minimum Gasteiger partial charge on any atom is -0.251 e. The summed E-state index contributed by atoms with van der Waals surface area (Å²) >= 11 is 0. The first-order valence-electron chi connectivity index (χ1n) is 5.45. The highest BCUT2D eigenvalue weighted by molar-refractivity contribution is 5.56. The van der Waals surface area contributed by atoms with E-state index in [4.69, 9.17) is 0 Å². The largest absolute Gasteiger partial charge is 0.251 e. The maximum atomic E-state index is 4.52. The van der Waals surface area contributed by atoms with E-state index in [1.807, 2.05) is 13.8 Å². The second-order valence-electron chi connectivity index (χ2n) is 4.34. The molecule has 82 valence electrons. The van der Waals surface area contributed by atoms with E-state index in [0.29, 0.717) is 0 Å². The average molecular weight is 212 g/mol. The first-order chi connectivity index (χ1) is 7.54. The molecule has 2 heteroatoms. The third kappa shape index (κ3) is 2.27. The van der Waals surface area contributed by atoms with E-state index in [-0.39, 0.29) is 0 Å². The Balaban J connectivity index is 2.57. The van der Waals surface area contributed by atoms with Gasteiger partial charge in [0.15, 0.2) is 0 Å². The van der Waals surface area contributed by atoms with Crippen LogP contribution in [0, 0.1) is 27.7 Å². The predicted octanol–water partition coefficient (Wildman–Crippen LogP) is 3.38. The zero-order valence-electron chi connectivity index (χ0n) is 10.2. The van der Waals surface area contributed by atoms with Gasteiger partial charge < -0.3 is 0 Å². The van der Waals surface area contributed by atoms with Gasteiger partial charge in [0.25, 0.3) is 0 Å². The van der Waals surface area contributed by atoms with Gasteiger partial charge in [0.1, 0.15) is 0 Å². The molecule has 0 atom stereocenters. The Hall–Kier alpha value is -1.70. The van der Waals surface area contributed by atoms with Crippen molar-refractivity contribution in [3.05, 3.63) is 46.8 Å². The SMILES string of the molecule is Cc1cc(C)nc(-c2cc(C)cc(C)n2)c1. The highest BCUT2D eigenvalue weighted by atomic mass is 14.8. The number of hydrogen-bond acceptors (Lipinski definition) is 2. The smallest absolute Gasteiger partial charge is 0.0892 e. The number of aromatic nitrogens is 2. The quantitative estimate of drug-likeness (QED) is 0.724. The van der Waals surface area contributed by atoms with Crippen LogP contribution in [0.1, 0.15) is 22.5 Å². The Labute approximate surface area is 96.4 Å². The van der Waals surface area contributed by atoms with Gasteiger partial charge in [-0.3, -0.25) is 9.97 Å². The van der Waals surface area contributed by atoms with Crippen molar-refractivity contribution in [1.29, 1.82) is 0 Å². The third-order valence-electron chi connectivity index (χ3n) is 2.46. The molecule has 2 rings (SSSR count). The minimum atomic E-state index is 0.962. The number of aryl methyl sites for hydroxylation is 4. The van der Waals surface area contributed by atoms with E-state index < -0.39 is 0 Å². The van der Waals surface area contributed by atoms with E-state index in [2.05, 4.69) is 48.1 Å². The molecular formula is C14H16N2. The molecule has 0 bridgehead atoms. The van der Waals surface area contributed by atoms with Crippen LogP contribution in [0.15, 0.2) is 24.3 Å². The fraction of sp³-hybridized carbons (Fsp3) is 0.286. The van der Waals surface area contributed by atoms with Gasteiger partial charge in [-0.25, -0.2) is 0 Å². The summed E-state index contributed by atoms with van der Waals surface area (Å²) in [6, 6.07) is 8.31. The van der Waals surface area contributed by atoms with Crippen LogP contribution < -0.4 is 0 Å². The first-order valence-corrected chi connectivity index (χ1v) is 5.45. The molecule has 0 fully saturated rings. The molecule has 2 aromatic heterocycles. The minimum absolute atomic E-state index is 0.962. The molecule has 0 aliphatic heterocycles. The summed E-state index contributed by atoms with van der Waals surface area (Å²) in [7, 11) is 0. The van der Waals surface area contributed by atoms with Crippen molar-refractivity contribution < 1.29 is 0 Å². The van der Waals surface area contributed by atoms with Crippen LogP contribution >= 0.6 is 0 Å². The standard InChI is InChI=1S/C14H16N2/c1-9-5-11(3)15-13(7-9)14-8-10(2)6-12(4)16-14/h5-8H,1-4H3. The maximum Gasteiger partial charge on any atom is 0.0892 e. The van der Waals surface area contributed by atoms with Gasteiger partial charge in [-0.2, -0.15) is 0 Å². The number of rotatable bonds is 1. The van der Waals surface area contributed by atoms with E-state index in [0.717, 1.165) is 22.8 Å². The van der Waals surface area contributed by atoms with E-state index in [9.17, 15) is 0 Å². The van der Waals surface area contributed by atoms with E-state index >= 15 is 0 Å². The van der Waals surface area contributed by atoms with Gasteiger partial charge in [0.05, 0.1) is 11.4 Å². The van der Waals surface area contributed by atoms with Crippen LogP contribution in [0.2, 0.25) is 0 Å². The third-order valence-corrected chi connectivity index (χ3v) is 2.46. The zero-order chi connectivity index (χ0) is 11.7. The molecule has 0 aromatic carbocycles. The van der Waals surface area contributed by atoms with Crippen molar-refractivity contribution >= 4 is 0 Å². The van der Waals surface area contributed by atoms with Gasteiger partial charge in [0, 0.05) is 11.4 Å².